The van der Waals surface area contributed by atoms with Crippen LogP contribution in [0, 0.1) is 0 Å². The van der Waals surface area contributed by atoms with Gasteiger partial charge >= 0.3 is 0 Å². The Balaban J connectivity index is 0.000000162. The van der Waals surface area contributed by atoms with Gasteiger partial charge in [0, 0.05) is 91.2 Å². The quantitative estimate of drug-likeness (QED) is 0.160. The van der Waals surface area contributed by atoms with Crippen LogP contribution in [0.25, 0.3) is 55.1 Å². The molecule has 0 amide bonds. The second-order valence-corrected chi connectivity index (χ2v) is 26.3. The molecule has 0 N–H and O–H groups in total. The average Bonchev–Trinajstić information content (AvgIpc) is 4.49. The van der Waals surface area contributed by atoms with E-state index in [2.05, 4.69) is 241 Å². The average molecular weight is 1590 g/mol. The Morgan fingerprint density at radius 1 is 0.242 bits per heavy atom. The number of benzene rings is 5. The molecule has 15 aromatic rings. The van der Waals surface area contributed by atoms with E-state index < -0.39 is 0 Å². The zero-order chi connectivity index (χ0) is 63.9. The molecule has 0 aliphatic heterocycles. The Morgan fingerprint density at radius 2 is 0.659 bits per heavy atom. The monoisotopic (exact) mass is 1580 g/mol. The van der Waals surface area contributed by atoms with Gasteiger partial charge in [-0.1, -0.05) is 188 Å². The summed E-state index contributed by atoms with van der Waals surface area (Å²) in [6.45, 7) is 0. The van der Waals surface area contributed by atoms with Crippen LogP contribution in [0.5, 0.6) is 0 Å². The van der Waals surface area contributed by atoms with Crippen molar-refractivity contribution in [1.82, 2.24) is 29.9 Å². The highest BCUT2D eigenvalue weighted by Gasteiger charge is 1.97. The minimum absolute atomic E-state index is 0.884. The highest BCUT2D eigenvalue weighted by atomic mass is 79.9. The molecule has 0 unspecified atom stereocenters. The molecule has 0 bridgehead atoms. The number of pyridine rings is 6. The van der Waals surface area contributed by atoms with E-state index in [0.717, 1.165) is 35.9 Å². The normalized spacial score (nSPS) is 9.37. The van der Waals surface area contributed by atoms with Crippen molar-refractivity contribution in [2.75, 3.05) is 0 Å². The lowest BCUT2D eigenvalue weighted by atomic mass is 10.1. The zero-order valence-electron chi connectivity index (χ0n) is 48.9. The molecule has 454 valence electrons. The molecule has 15 rings (SSSR count). The summed E-state index contributed by atoms with van der Waals surface area (Å²) >= 11 is 23.2. The van der Waals surface area contributed by atoms with Crippen LogP contribution >= 0.6 is 125 Å². The van der Waals surface area contributed by atoms with Crippen molar-refractivity contribution in [3.05, 3.63) is 389 Å². The summed E-state index contributed by atoms with van der Waals surface area (Å²) in [5.41, 5.74) is 10.9. The number of rotatable bonds is 5. The first-order valence-electron chi connectivity index (χ1n) is 27.9. The van der Waals surface area contributed by atoms with Gasteiger partial charge in [-0.15, -0.1) is 22.7 Å². The van der Waals surface area contributed by atoms with E-state index in [9.17, 15) is 0 Å². The maximum atomic E-state index is 4.25. The molecule has 10 aromatic heterocycles. The maximum absolute atomic E-state index is 4.25. The van der Waals surface area contributed by atoms with E-state index in [1.54, 1.807) is 88.7 Å². The van der Waals surface area contributed by atoms with Gasteiger partial charge in [-0.25, -0.2) is 4.98 Å². The molecule has 0 aliphatic carbocycles. The highest BCUT2D eigenvalue weighted by molar-refractivity contribution is 9.11. The third kappa shape index (κ3) is 32.2. The molecule has 91 heavy (non-hydrogen) atoms. The molecule has 0 saturated heterocycles. The summed E-state index contributed by atoms with van der Waals surface area (Å²) in [5, 5.41) is 12.5. The van der Waals surface area contributed by atoms with Crippen LogP contribution < -0.4 is 0 Å². The van der Waals surface area contributed by atoms with Gasteiger partial charge < -0.3 is 0 Å². The number of halogens is 5. The van der Waals surface area contributed by atoms with Crippen LogP contribution in [-0.4, -0.2) is 29.9 Å². The van der Waals surface area contributed by atoms with Crippen LogP contribution in [0.4, 0.5) is 0 Å². The molecular formula is C76H61Br5N6S4. The Hall–Kier alpha value is -7.80. The predicted molar refractivity (Wildman–Crippen MR) is 408 cm³/mol. The molecule has 5 aromatic carbocycles. The lowest BCUT2D eigenvalue weighted by Crippen LogP contribution is -1.79. The van der Waals surface area contributed by atoms with Crippen molar-refractivity contribution in [2.45, 2.75) is 0 Å². The molecule has 0 radical (unpaired) electrons. The maximum Gasteiger partial charge on any atom is 0.106 e. The van der Waals surface area contributed by atoms with Crippen LogP contribution in [-0.2, 0) is 0 Å². The second-order valence-electron chi connectivity index (χ2n) is 17.9. The van der Waals surface area contributed by atoms with Crippen molar-refractivity contribution in [2.24, 2.45) is 0 Å². The Bertz CT molecular complexity index is 3560. The minimum atomic E-state index is 0.884. The minimum Gasteiger partial charge on any atom is -0.264 e. The summed E-state index contributed by atoms with van der Waals surface area (Å²) in [7, 11) is 0. The number of aromatic nitrogens is 6. The van der Waals surface area contributed by atoms with Crippen LogP contribution in [0.1, 0.15) is 0 Å². The number of thiophene rings is 4. The number of hydrogen-bond donors (Lipinski definition) is 0. The molecule has 0 atom stereocenters. The first-order valence-corrected chi connectivity index (χ1v) is 35.5. The van der Waals surface area contributed by atoms with Gasteiger partial charge in [0.15, 0.2) is 0 Å². The van der Waals surface area contributed by atoms with Crippen molar-refractivity contribution in [3.8, 4) is 55.1 Å². The molecule has 6 nitrogen and oxygen atoms in total. The predicted octanol–water partition coefficient (Wildman–Crippen LogP) is 25.6. The summed E-state index contributed by atoms with van der Waals surface area (Å²) < 4.78 is 5.30. The third-order valence-electron chi connectivity index (χ3n) is 11.3. The molecule has 0 aliphatic rings. The van der Waals surface area contributed by atoms with Crippen LogP contribution in [0.3, 0.4) is 0 Å². The summed E-state index contributed by atoms with van der Waals surface area (Å²) in [6, 6.07) is 91.1. The van der Waals surface area contributed by atoms with Gasteiger partial charge in [0.05, 0.1) is 9.48 Å². The van der Waals surface area contributed by atoms with Gasteiger partial charge in [0.2, 0.25) is 0 Å². The second kappa shape index (κ2) is 46.3. The zero-order valence-corrected chi connectivity index (χ0v) is 60.1. The van der Waals surface area contributed by atoms with E-state index >= 15 is 0 Å². The first-order chi connectivity index (χ1) is 44.8. The molecule has 0 saturated carbocycles. The van der Waals surface area contributed by atoms with Crippen molar-refractivity contribution < 1.29 is 0 Å². The van der Waals surface area contributed by atoms with Gasteiger partial charge in [-0.05, 0) is 230 Å². The van der Waals surface area contributed by atoms with E-state index in [4.69, 9.17) is 0 Å². The molecular weight excluding hydrogens is 1520 g/mol. The van der Waals surface area contributed by atoms with E-state index in [1.165, 1.54) is 41.0 Å². The topological polar surface area (TPSA) is 77.3 Å². The fraction of sp³-hybridized carbons (Fsp3) is 0. The van der Waals surface area contributed by atoms with Crippen molar-refractivity contribution in [1.29, 1.82) is 0 Å². The van der Waals surface area contributed by atoms with Gasteiger partial charge in [0.25, 0.3) is 0 Å². The van der Waals surface area contributed by atoms with E-state index in [-0.39, 0.29) is 0 Å². The van der Waals surface area contributed by atoms with Gasteiger partial charge in [-0.2, -0.15) is 22.7 Å². The van der Waals surface area contributed by atoms with Crippen LogP contribution in [0.2, 0.25) is 0 Å². The molecule has 0 spiro atoms. The van der Waals surface area contributed by atoms with Crippen molar-refractivity contribution in [3.63, 3.8) is 0 Å². The van der Waals surface area contributed by atoms with E-state index in [1.807, 2.05) is 192 Å². The molecule has 0 fully saturated rings. The molecule has 15 heteroatoms. The Kier molecular flexibility index (Phi) is 36.8. The van der Waals surface area contributed by atoms with Gasteiger partial charge in [0.1, 0.15) is 4.60 Å². The Morgan fingerprint density at radius 3 is 0.956 bits per heavy atom. The van der Waals surface area contributed by atoms with Crippen molar-refractivity contribution >= 4 is 125 Å². The lowest BCUT2D eigenvalue weighted by Gasteiger charge is -1.97. The summed E-state index contributed by atoms with van der Waals surface area (Å²) in [5.74, 6) is 0. The fourth-order valence-electron chi connectivity index (χ4n) is 7.11. The smallest absolute Gasteiger partial charge is 0.106 e. The van der Waals surface area contributed by atoms with Gasteiger partial charge in [-0.3, -0.25) is 24.9 Å². The third-order valence-corrected chi connectivity index (χ3v) is 17.3. The number of hydrogen-bond acceptors (Lipinski definition) is 10. The van der Waals surface area contributed by atoms with Crippen LogP contribution in [0.15, 0.2) is 389 Å². The lowest BCUT2D eigenvalue weighted by molar-refractivity contribution is 1.28. The molecule has 10 heterocycles. The largest absolute Gasteiger partial charge is 0.264 e. The first kappa shape index (κ1) is 72.3. The SMILES string of the molecule is Brc1ccccn1.Brc1cccnc1.Brc1cccnc1.Brc1cccs1.Brc1ccsc1.c1ccc(-c2ccccn2)cc1.c1ccc(-c2cccnc2)cc1.c1ccc(-c2cccnc2)cc1.c1ccc(-c2cccs2)cc1.c1ccc(-c2ccsc2)cc1. The summed E-state index contributed by atoms with van der Waals surface area (Å²) in [6.07, 6.45) is 17.8. The highest BCUT2D eigenvalue weighted by Crippen LogP contribution is 2.24. The fourth-order valence-corrected chi connectivity index (χ4v) is 11.4. The van der Waals surface area contributed by atoms with E-state index in [0.29, 0.717) is 0 Å². The Labute approximate surface area is 593 Å². The standard InChI is InChI=1S/3C11H9N.2C10H8S.3C5H4BrN.2C4H3BrS/c1-2-6-10(7-3-1)11-8-4-5-9-12-11;2*1-2-5-10(6-3-1)11-7-4-8-12-9-11;1-2-5-9(6-3-1)10-7-4-8-11-10;1-2-4-9(5-3-1)10-6-7-11-8-10;2*6-5-2-1-3-7-4-5;6-5-3-1-2-4-7-5;5-4-1-2-6-3-4;5-4-2-1-3-6-4/h3*1-9H;2*1-8H;3*1-4H;2*1-3H. The number of nitrogens with zero attached hydrogens (tertiary/aromatic N) is 6. The summed E-state index contributed by atoms with van der Waals surface area (Å²) in [4.78, 5) is 25.3.